The average Bonchev–Trinajstić information content (AvgIpc) is 2.00. The maximum absolute atomic E-state index is 11.4. The molecule has 0 unspecified atom stereocenters. The first-order chi connectivity index (χ1) is 6.44. The van der Waals surface area contributed by atoms with E-state index in [-0.39, 0.29) is 5.41 Å². The Balaban J connectivity index is 2.36. The van der Waals surface area contributed by atoms with Gasteiger partial charge in [0, 0.05) is 6.42 Å². The molecule has 2 rings (SSSR count). The third-order valence-electron chi connectivity index (χ3n) is 4.21. The standard InChI is InChI=1S/C13H20O/c1-12(2)7-4-8-13(3)9-10(14)5-6-11(12)13/h5-6,11H,4,7-9H2,1-3H3/t11-,13+/m0/s1. The van der Waals surface area contributed by atoms with Crippen molar-refractivity contribution in [3.8, 4) is 0 Å². The van der Waals surface area contributed by atoms with Crippen molar-refractivity contribution < 1.29 is 4.79 Å². The number of hydrogen-bond acceptors (Lipinski definition) is 1. The van der Waals surface area contributed by atoms with Crippen LogP contribution in [0.2, 0.25) is 0 Å². The maximum Gasteiger partial charge on any atom is 0.155 e. The summed E-state index contributed by atoms with van der Waals surface area (Å²) in [5.41, 5.74) is 0.623. The summed E-state index contributed by atoms with van der Waals surface area (Å²) in [6.45, 7) is 6.98. The van der Waals surface area contributed by atoms with Gasteiger partial charge in [0.25, 0.3) is 0 Å². The quantitative estimate of drug-likeness (QED) is 0.575. The molecule has 2 aliphatic rings. The predicted octanol–water partition coefficient (Wildman–Crippen LogP) is 3.35. The number of allylic oxidation sites excluding steroid dienone is 2. The molecule has 78 valence electrons. The molecule has 0 saturated heterocycles. The molecule has 1 heteroatoms. The van der Waals surface area contributed by atoms with Crippen molar-refractivity contribution in [3.05, 3.63) is 12.2 Å². The molecule has 1 fully saturated rings. The Kier molecular flexibility index (Phi) is 2.09. The van der Waals surface area contributed by atoms with Crippen molar-refractivity contribution in [2.45, 2.75) is 46.5 Å². The van der Waals surface area contributed by atoms with Crippen LogP contribution < -0.4 is 0 Å². The van der Waals surface area contributed by atoms with Crippen LogP contribution in [0.5, 0.6) is 0 Å². The highest BCUT2D eigenvalue weighted by atomic mass is 16.1. The van der Waals surface area contributed by atoms with Gasteiger partial charge in [0.1, 0.15) is 0 Å². The number of carbonyl (C=O) groups excluding carboxylic acids is 1. The van der Waals surface area contributed by atoms with Gasteiger partial charge in [-0.25, -0.2) is 0 Å². The van der Waals surface area contributed by atoms with Crippen molar-refractivity contribution >= 4 is 5.78 Å². The second-order valence-corrected chi connectivity index (χ2v) is 5.98. The summed E-state index contributed by atoms with van der Waals surface area (Å²) in [4.78, 5) is 11.4. The Labute approximate surface area is 86.6 Å². The van der Waals surface area contributed by atoms with Gasteiger partial charge in [-0.2, -0.15) is 0 Å². The molecule has 1 nitrogen and oxygen atoms in total. The predicted molar refractivity (Wildman–Crippen MR) is 58.0 cm³/mol. The minimum atomic E-state index is 0.244. The molecule has 0 aromatic heterocycles. The van der Waals surface area contributed by atoms with E-state index in [9.17, 15) is 4.79 Å². The molecule has 0 aromatic rings. The molecule has 0 spiro atoms. The SMILES string of the molecule is CC1(C)CCC[C@]2(C)CC(=O)C=C[C@@H]12. The molecule has 0 N–H and O–H groups in total. The van der Waals surface area contributed by atoms with Gasteiger partial charge in [-0.1, -0.05) is 33.3 Å². The lowest BCUT2D eigenvalue weighted by Gasteiger charge is -2.51. The molecule has 1 saturated carbocycles. The zero-order valence-corrected chi connectivity index (χ0v) is 9.47. The number of hydrogen-bond donors (Lipinski definition) is 0. The average molecular weight is 192 g/mol. The van der Waals surface area contributed by atoms with Crippen LogP contribution in [-0.4, -0.2) is 5.78 Å². The van der Waals surface area contributed by atoms with Gasteiger partial charge in [0.15, 0.2) is 5.78 Å². The Bertz CT molecular complexity index is 288. The largest absolute Gasteiger partial charge is 0.295 e. The van der Waals surface area contributed by atoms with Crippen molar-refractivity contribution in [3.63, 3.8) is 0 Å². The van der Waals surface area contributed by atoms with Crippen LogP contribution in [-0.2, 0) is 4.79 Å². The molecule has 0 bridgehead atoms. The van der Waals surface area contributed by atoms with Crippen LogP contribution in [0.15, 0.2) is 12.2 Å². The van der Waals surface area contributed by atoms with Crippen LogP contribution in [0.4, 0.5) is 0 Å². The van der Waals surface area contributed by atoms with Crippen molar-refractivity contribution in [1.82, 2.24) is 0 Å². The van der Waals surface area contributed by atoms with Crippen molar-refractivity contribution in [2.75, 3.05) is 0 Å². The highest BCUT2D eigenvalue weighted by Gasteiger charge is 2.47. The Hall–Kier alpha value is -0.590. The van der Waals surface area contributed by atoms with Gasteiger partial charge < -0.3 is 0 Å². The van der Waals surface area contributed by atoms with Gasteiger partial charge >= 0.3 is 0 Å². The third-order valence-corrected chi connectivity index (χ3v) is 4.21. The van der Waals surface area contributed by atoms with Gasteiger partial charge in [-0.05, 0) is 35.7 Å². The van der Waals surface area contributed by atoms with E-state index < -0.39 is 0 Å². The van der Waals surface area contributed by atoms with E-state index in [1.807, 2.05) is 0 Å². The van der Waals surface area contributed by atoms with Crippen molar-refractivity contribution in [2.24, 2.45) is 16.7 Å². The highest BCUT2D eigenvalue weighted by molar-refractivity contribution is 5.91. The molecule has 0 radical (unpaired) electrons. The van der Waals surface area contributed by atoms with Crippen LogP contribution in [0.1, 0.15) is 46.5 Å². The van der Waals surface area contributed by atoms with E-state index in [4.69, 9.17) is 0 Å². The van der Waals surface area contributed by atoms with E-state index in [1.54, 1.807) is 6.08 Å². The van der Waals surface area contributed by atoms with E-state index in [2.05, 4.69) is 26.8 Å². The van der Waals surface area contributed by atoms with Crippen LogP contribution in [0.25, 0.3) is 0 Å². The fraction of sp³-hybridized carbons (Fsp3) is 0.769. The summed E-state index contributed by atoms with van der Waals surface area (Å²) < 4.78 is 0. The topological polar surface area (TPSA) is 17.1 Å². The molecule has 14 heavy (non-hydrogen) atoms. The maximum atomic E-state index is 11.4. The van der Waals surface area contributed by atoms with E-state index in [1.165, 1.54) is 19.3 Å². The molecule has 0 aromatic carbocycles. The normalized spacial score (nSPS) is 40.8. The van der Waals surface area contributed by atoms with E-state index in [0.717, 1.165) is 6.42 Å². The minimum absolute atomic E-state index is 0.244. The lowest BCUT2D eigenvalue weighted by molar-refractivity contribution is -0.120. The monoisotopic (exact) mass is 192 g/mol. The highest BCUT2D eigenvalue weighted by Crippen LogP contribution is 2.54. The number of ketones is 1. The summed E-state index contributed by atoms with van der Waals surface area (Å²) in [7, 11) is 0. The summed E-state index contributed by atoms with van der Waals surface area (Å²) in [6.07, 6.45) is 8.53. The first-order valence-corrected chi connectivity index (χ1v) is 5.65. The molecule has 0 amide bonds. The summed E-state index contributed by atoms with van der Waals surface area (Å²) in [5, 5.41) is 0. The Morgan fingerprint density at radius 1 is 1.29 bits per heavy atom. The summed E-state index contributed by atoms with van der Waals surface area (Å²) in [5.74, 6) is 0.919. The second kappa shape index (κ2) is 2.95. The minimum Gasteiger partial charge on any atom is -0.295 e. The molecule has 0 aliphatic heterocycles. The number of fused-ring (bicyclic) bond motifs is 1. The zero-order valence-electron chi connectivity index (χ0n) is 9.47. The van der Waals surface area contributed by atoms with Gasteiger partial charge in [0.05, 0.1) is 0 Å². The molecular weight excluding hydrogens is 172 g/mol. The van der Waals surface area contributed by atoms with Gasteiger partial charge in [0.2, 0.25) is 0 Å². The lowest BCUT2D eigenvalue weighted by Crippen LogP contribution is -2.43. The Morgan fingerprint density at radius 2 is 2.00 bits per heavy atom. The smallest absolute Gasteiger partial charge is 0.155 e. The summed E-state index contributed by atoms with van der Waals surface area (Å²) >= 11 is 0. The molecular formula is C13H20O. The zero-order chi connectivity index (χ0) is 10.4. The second-order valence-electron chi connectivity index (χ2n) is 5.98. The van der Waals surface area contributed by atoms with Crippen LogP contribution >= 0.6 is 0 Å². The fourth-order valence-electron chi connectivity index (χ4n) is 3.55. The fourth-order valence-corrected chi connectivity index (χ4v) is 3.55. The molecule has 2 atom stereocenters. The number of rotatable bonds is 0. The lowest BCUT2D eigenvalue weighted by atomic mass is 9.53. The number of carbonyl (C=O) groups is 1. The van der Waals surface area contributed by atoms with Crippen molar-refractivity contribution in [1.29, 1.82) is 0 Å². The third kappa shape index (κ3) is 1.43. The van der Waals surface area contributed by atoms with Crippen LogP contribution in [0, 0.1) is 16.7 Å². The first kappa shape index (κ1) is 9.95. The first-order valence-electron chi connectivity index (χ1n) is 5.65. The molecule has 0 heterocycles. The van der Waals surface area contributed by atoms with Crippen LogP contribution in [0.3, 0.4) is 0 Å². The van der Waals surface area contributed by atoms with E-state index >= 15 is 0 Å². The summed E-state index contributed by atoms with van der Waals surface area (Å²) in [6, 6.07) is 0. The van der Waals surface area contributed by atoms with E-state index in [0.29, 0.717) is 17.1 Å². The Morgan fingerprint density at radius 3 is 2.71 bits per heavy atom. The van der Waals surface area contributed by atoms with Gasteiger partial charge in [-0.15, -0.1) is 0 Å². The molecule has 2 aliphatic carbocycles. The van der Waals surface area contributed by atoms with Gasteiger partial charge in [-0.3, -0.25) is 4.79 Å².